The fourth-order valence-corrected chi connectivity index (χ4v) is 4.43. The highest BCUT2D eigenvalue weighted by Crippen LogP contribution is 2.23. The van der Waals surface area contributed by atoms with E-state index in [1.165, 1.54) is 16.4 Å². The van der Waals surface area contributed by atoms with Crippen molar-refractivity contribution in [3.63, 3.8) is 0 Å². The highest BCUT2D eigenvalue weighted by atomic mass is 16.6. The standard InChI is InChI=1S/C23H29N7O3/c1-16-21(17(2)29(25-16)20-8-6-5-7-9-20)15-26-10-12-27(13-11-26)23(31)19(4)28-18(3)22(14-24-28)30(32)33/h5-9,14,19H,10-13,15H2,1-4H3. The zero-order valence-electron chi connectivity index (χ0n) is 19.4. The molecule has 1 aromatic carbocycles. The second-order valence-corrected chi connectivity index (χ2v) is 8.49. The number of amides is 1. The van der Waals surface area contributed by atoms with Gasteiger partial charge in [-0.05, 0) is 39.8 Å². The summed E-state index contributed by atoms with van der Waals surface area (Å²) in [6, 6.07) is 9.51. The molecule has 3 aromatic rings. The summed E-state index contributed by atoms with van der Waals surface area (Å²) < 4.78 is 3.43. The van der Waals surface area contributed by atoms with Crippen molar-refractivity contribution in [2.24, 2.45) is 0 Å². The number of aromatic nitrogens is 4. The summed E-state index contributed by atoms with van der Waals surface area (Å²) in [7, 11) is 0. The van der Waals surface area contributed by atoms with Gasteiger partial charge in [-0.25, -0.2) is 4.68 Å². The highest BCUT2D eigenvalue weighted by Gasteiger charge is 2.29. The second kappa shape index (κ2) is 9.14. The molecule has 10 nitrogen and oxygen atoms in total. The number of carbonyl (C=O) groups is 1. The van der Waals surface area contributed by atoms with E-state index in [9.17, 15) is 14.9 Å². The monoisotopic (exact) mass is 451 g/mol. The molecule has 1 aliphatic heterocycles. The molecule has 3 heterocycles. The van der Waals surface area contributed by atoms with Gasteiger partial charge in [-0.15, -0.1) is 0 Å². The molecule has 10 heteroatoms. The van der Waals surface area contributed by atoms with E-state index in [2.05, 4.69) is 16.9 Å². The molecular formula is C23H29N7O3. The van der Waals surface area contributed by atoms with Crippen molar-refractivity contribution in [2.45, 2.75) is 40.3 Å². The van der Waals surface area contributed by atoms with Crippen LogP contribution in [-0.2, 0) is 11.3 Å². The third kappa shape index (κ3) is 4.38. The Bertz CT molecular complexity index is 1160. The van der Waals surface area contributed by atoms with Gasteiger partial charge in [0.2, 0.25) is 5.91 Å². The average molecular weight is 452 g/mol. The summed E-state index contributed by atoms with van der Waals surface area (Å²) in [5.41, 5.74) is 4.72. The summed E-state index contributed by atoms with van der Waals surface area (Å²) in [5.74, 6) is -0.0694. The van der Waals surface area contributed by atoms with Crippen molar-refractivity contribution < 1.29 is 9.72 Å². The van der Waals surface area contributed by atoms with Crippen molar-refractivity contribution in [3.05, 3.63) is 69.3 Å². The van der Waals surface area contributed by atoms with E-state index in [4.69, 9.17) is 5.10 Å². The number of rotatable bonds is 6. The SMILES string of the molecule is Cc1nn(-c2ccccc2)c(C)c1CN1CCN(C(=O)C(C)n2ncc([N+](=O)[O-])c2C)CC1. The van der Waals surface area contributed by atoms with E-state index in [1.807, 2.05) is 46.8 Å². The largest absolute Gasteiger partial charge is 0.338 e. The number of hydrogen-bond acceptors (Lipinski definition) is 6. The molecule has 1 atom stereocenters. The smallest absolute Gasteiger partial charge is 0.309 e. The minimum Gasteiger partial charge on any atom is -0.338 e. The number of para-hydroxylation sites is 1. The van der Waals surface area contributed by atoms with Gasteiger partial charge in [0.05, 0.1) is 16.3 Å². The van der Waals surface area contributed by atoms with Crippen LogP contribution in [0.5, 0.6) is 0 Å². The van der Waals surface area contributed by atoms with Gasteiger partial charge in [-0.2, -0.15) is 10.2 Å². The Morgan fingerprint density at radius 3 is 2.36 bits per heavy atom. The van der Waals surface area contributed by atoms with Crippen LogP contribution in [0.4, 0.5) is 5.69 Å². The fourth-order valence-electron chi connectivity index (χ4n) is 4.43. The second-order valence-electron chi connectivity index (χ2n) is 8.49. The lowest BCUT2D eigenvalue weighted by atomic mass is 10.1. The van der Waals surface area contributed by atoms with E-state index in [0.29, 0.717) is 18.8 Å². The van der Waals surface area contributed by atoms with Gasteiger partial charge in [-0.3, -0.25) is 24.5 Å². The lowest BCUT2D eigenvalue weighted by Gasteiger charge is -2.36. The molecule has 174 valence electrons. The molecule has 2 aromatic heterocycles. The number of benzene rings is 1. The van der Waals surface area contributed by atoms with Crippen LogP contribution in [0.3, 0.4) is 0 Å². The van der Waals surface area contributed by atoms with Crippen LogP contribution in [0.25, 0.3) is 5.69 Å². The molecule has 0 spiro atoms. The van der Waals surface area contributed by atoms with E-state index in [-0.39, 0.29) is 11.6 Å². The highest BCUT2D eigenvalue weighted by molar-refractivity contribution is 5.80. The summed E-state index contributed by atoms with van der Waals surface area (Å²) in [5, 5.41) is 19.9. The number of piperazine rings is 1. The van der Waals surface area contributed by atoms with Crippen LogP contribution >= 0.6 is 0 Å². The lowest BCUT2D eigenvalue weighted by molar-refractivity contribution is -0.385. The topological polar surface area (TPSA) is 102 Å². The molecule has 1 amide bonds. The van der Waals surface area contributed by atoms with Crippen LogP contribution in [0.2, 0.25) is 0 Å². The van der Waals surface area contributed by atoms with E-state index in [0.717, 1.165) is 36.7 Å². The first-order valence-electron chi connectivity index (χ1n) is 11.1. The van der Waals surface area contributed by atoms with E-state index >= 15 is 0 Å². The van der Waals surface area contributed by atoms with Gasteiger partial charge in [0.1, 0.15) is 17.9 Å². The van der Waals surface area contributed by atoms with E-state index < -0.39 is 11.0 Å². The maximum Gasteiger partial charge on any atom is 0.309 e. The molecule has 1 unspecified atom stereocenters. The van der Waals surface area contributed by atoms with Crippen molar-refractivity contribution in [2.75, 3.05) is 26.2 Å². The molecule has 0 saturated carbocycles. The number of carbonyl (C=O) groups excluding carboxylic acids is 1. The molecule has 0 aliphatic carbocycles. The molecule has 1 saturated heterocycles. The summed E-state index contributed by atoms with van der Waals surface area (Å²) >= 11 is 0. The molecule has 1 fully saturated rings. The fraction of sp³-hybridized carbons (Fsp3) is 0.435. The third-order valence-electron chi connectivity index (χ3n) is 6.45. The maximum atomic E-state index is 13.0. The minimum absolute atomic E-state index is 0.0683. The van der Waals surface area contributed by atoms with Crippen LogP contribution < -0.4 is 0 Å². The quantitative estimate of drug-likeness (QED) is 0.422. The average Bonchev–Trinajstić information content (AvgIpc) is 3.34. The number of aryl methyl sites for hydroxylation is 1. The number of nitrogens with zero attached hydrogens (tertiary/aromatic N) is 7. The van der Waals surface area contributed by atoms with Gasteiger partial charge < -0.3 is 4.90 Å². The Labute approximate surface area is 192 Å². The van der Waals surface area contributed by atoms with Crippen LogP contribution in [0.1, 0.15) is 35.6 Å². The minimum atomic E-state index is -0.584. The van der Waals surface area contributed by atoms with Crippen LogP contribution in [0.15, 0.2) is 36.5 Å². The molecule has 0 bridgehead atoms. The third-order valence-corrected chi connectivity index (χ3v) is 6.45. The molecule has 0 radical (unpaired) electrons. The first-order chi connectivity index (χ1) is 15.8. The molecule has 0 N–H and O–H groups in total. The van der Waals surface area contributed by atoms with Gasteiger partial charge >= 0.3 is 5.69 Å². The predicted molar refractivity (Wildman–Crippen MR) is 123 cm³/mol. The predicted octanol–water partition coefficient (Wildman–Crippen LogP) is 2.81. The van der Waals surface area contributed by atoms with Crippen molar-refractivity contribution in [1.82, 2.24) is 29.4 Å². The Morgan fingerprint density at radius 1 is 1.09 bits per heavy atom. The van der Waals surface area contributed by atoms with Gasteiger partial charge in [0.25, 0.3) is 0 Å². The first kappa shape index (κ1) is 22.7. The molecule has 1 aliphatic rings. The van der Waals surface area contributed by atoms with Crippen LogP contribution in [-0.4, -0.2) is 66.4 Å². The molecule has 4 rings (SSSR count). The van der Waals surface area contributed by atoms with Crippen molar-refractivity contribution in [3.8, 4) is 5.69 Å². The Hall–Kier alpha value is -3.53. The zero-order valence-corrected chi connectivity index (χ0v) is 19.4. The Balaban J connectivity index is 1.39. The molecular weight excluding hydrogens is 422 g/mol. The zero-order chi connectivity index (χ0) is 23.7. The van der Waals surface area contributed by atoms with Gasteiger partial charge in [0, 0.05) is 44.0 Å². The summed E-state index contributed by atoms with van der Waals surface area (Å²) in [4.78, 5) is 27.8. The van der Waals surface area contributed by atoms with Crippen molar-refractivity contribution in [1.29, 1.82) is 0 Å². The van der Waals surface area contributed by atoms with Gasteiger partial charge in [-0.1, -0.05) is 18.2 Å². The number of hydrogen-bond donors (Lipinski definition) is 0. The van der Waals surface area contributed by atoms with Gasteiger partial charge in [0.15, 0.2) is 0 Å². The normalized spacial score (nSPS) is 15.6. The number of nitro groups is 1. The van der Waals surface area contributed by atoms with Crippen molar-refractivity contribution >= 4 is 11.6 Å². The summed E-state index contributed by atoms with van der Waals surface area (Å²) in [6.07, 6.45) is 1.21. The maximum absolute atomic E-state index is 13.0. The molecule has 33 heavy (non-hydrogen) atoms. The summed E-state index contributed by atoms with van der Waals surface area (Å²) in [6.45, 7) is 11.0. The van der Waals surface area contributed by atoms with E-state index in [1.54, 1.807) is 13.8 Å². The Kier molecular flexibility index (Phi) is 6.28. The van der Waals surface area contributed by atoms with Crippen LogP contribution in [0, 0.1) is 30.9 Å². The first-order valence-corrected chi connectivity index (χ1v) is 11.1. The Morgan fingerprint density at radius 2 is 1.76 bits per heavy atom. The lowest BCUT2D eigenvalue weighted by Crippen LogP contribution is -2.50.